The summed E-state index contributed by atoms with van der Waals surface area (Å²) in [7, 11) is -0.796. The van der Waals surface area contributed by atoms with E-state index in [0.717, 1.165) is 43.9 Å². The van der Waals surface area contributed by atoms with E-state index in [2.05, 4.69) is 29.8 Å². The van der Waals surface area contributed by atoms with E-state index in [1.807, 2.05) is 35.2 Å². The molecule has 6 heteroatoms. The second-order valence-electron chi connectivity index (χ2n) is 7.60. The van der Waals surface area contributed by atoms with Crippen molar-refractivity contribution in [1.82, 2.24) is 4.98 Å². The fourth-order valence-corrected chi connectivity index (χ4v) is 6.07. The third-order valence-corrected chi connectivity index (χ3v) is 8.47. The van der Waals surface area contributed by atoms with Gasteiger partial charge in [-0.25, -0.2) is 4.98 Å². The highest BCUT2D eigenvalue weighted by Crippen LogP contribution is 2.31. The fourth-order valence-electron chi connectivity index (χ4n) is 4.30. The number of para-hydroxylation sites is 1. The lowest BCUT2D eigenvalue weighted by atomic mass is 10.0. The Balaban J connectivity index is 1.52. The quantitative estimate of drug-likeness (QED) is 0.793. The summed E-state index contributed by atoms with van der Waals surface area (Å²) in [6.45, 7) is 6.45. The minimum Gasteiger partial charge on any atom is -0.354 e. The lowest BCUT2D eigenvalue weighted by Gasteiger charge is -2.41. The number of anilines is 2. The lowest BCUT2D eigenvalue weighted by Crippen LogP contribution is -2.53. The molecule has 1 amide bonds. The molecule has 0 radical (unpaired) electrons. The normalized spacial score (nSPS) is 20.9. The third kappa shape index (κ3) is 3.24. The zero-order chi connectivity index (χ0) is 19.7. The highest BCUT2D eigenvalue weighted by molar-refractivity contribution is 7.86. The topological polar surface area (TPSA) is 53.5 Å². The number of benzene rings is 1. The molecule has 2 aromatic rings. The van der Waals surface area contributed by atoms with E-state index in [9.17, 15) is 9.00 Å². The van der Waals surface area contributed by atoms with E-state index < -0.39 is 10.8 Å². The van der Waals surface area contributed by atoms with Gasteiger partial charge in [-0.1, -0.05) is 32.0 Å². The van der Waals surface area contributed by atoms with Crippen molar-refractivity contribution in [2.45, 2.75) is 37.9 Å². The number of hydrogen-bond donors (Lipinski definition) is 0. The maximum absolute atomic E-state index is 13.0. The summed E-state index contributed by atoms with van der Waals surface area (Å²) in [5.74, 6) is 1.54. The van der Waals surface area contributed by atoms with Crippen LogP contribution in [0.25, 0.3) is 0 Å². The van der Waals surface area contributed by atoms with Gasteiger partial charge in [0.2, 0.25) is 0 Å². The molecule has 148 valence electrons. The Hall–Kier alpha value is -2.21. The first-order chi connectivity index (χ1) is 13.6. The average molecular weight is 398 g/mol. The SMILES string of the molecule is CCC1(CC)CN(c2ccc(C(=O)N3CCc4ccccc43)cn2)CCS1=O. The molecule has 5 nitrogen and oxygen atoms in total. The molecule has 0 saturated carbocycles. The number of carbonyl (C=O) groups excluding carboxylic acids is 1. The van der Waals surface area contributed by atoms with Crippen LogP contribution in [0, 0.1) is 0 Å². The molecular formula is C22H27N3O2S. The van der Waals surface area contributed by atoms with Gasteiger partial charge in [0.15, 0.2) is 0 Å². The van der Waals surface area contributed by atoms with E-state index in [1.165, 1.54) is 5.56 Å². The van der Waals surface area contributed by atoms with Crippen LogP contribution >= 0.6 is 0 Å². The highest BCUT2D eigenvalue weighted by Gasteiger charge is 2.39. The van der Waals surface area contributed by atoms with Crippen LogP contribution in [0.2, 0.25) is 0 Å². The van der Waals surface area contributed by atoms with Gasteiger partial charge in [0.25, 0.3) is 5.91 Å². The van der Waals surface area contributed by atoms with Crippen LogP contribution in [0.1, 0.15) is 42.6 Å². The lowest BCUT2D eigenvalue weighted by molar-refractivity contribution is 0.0989. The van der Waals surface area contributed by atoms with Gasteiger partial charge < -0.3 is 9.80 Å². The van der Waals surface area contributed by atoms with E-state index in [4.69, 9.17) is 0 Å². The molecule has 1 atom stereocenters. The Morgan fingerprint density at radius 3 is 2.64 bits per heavy atom. The van der Waals surface area contributed by atoms with Crippen molar-refractivity contribution in [1.29, 1.82) is 0 Å². The molecule has 1 saturated heterocycles. The van der Waals surface area contributed by atoms with Crippen molar-refractivity contribution >= 4 is 28.2 Å². The van der Waals surface area contributed by atoms with Gasteiger partial charge in [-0.15, -0.1) is 0 Å². The molecule has 1 aromatic carbocycles. The van der Waals surface area contributed by atoms with Crippen LogP contribution in [0.3, 0.4) is 0 Å². The molecule has 2 aliphatic heterocycles. The van der Waals surface area contributed by atoms with Crippen molar-refractivity contribution in [3.8, 4) is 0 Å². The predicted octanol–water partition coefficient (Wildman–Crippen LogP) is 3.41. The number of hydrogen-bond acceptors (Lipinski definition) is 4. The minimum atomic E-state index is -0.796. The van der Waals surface area contributed by atoms with Crippen LogP contribution in [0.5, 0.6) is 0 Å². The van der Waals surface area contributed by atoms with Crippen molar-refractivity contribution in [2.24, 2.45) is 0 Å². The Morgan fingerprint density at radius 1 is 1.14 bits per heavy atom. The summed E-state index contributed by atoms with van der Waals surface area (Å²) < 4.78 is 12.4. The van der Waals surface area contributed by atoms with Crippen LogP contribution < -0.4 is 9.80 Å². The molecule has 3 heterocycles. The number of amides is 1. The standard InChI is InChI=1S/C22H27N3O2S/c1-3-22(4-2)16-24(13-14-28(22)27)20-10-9-18(15-23-20)21(26)25-12-11-17-7-5-6-8-19(17)25/h5-10,15H,3-4,11-14,16H2,1-2H3. The van der Waals surface area contributed by atoms with Crippen molar-refractivity contribution in [3.63, 3.8) is 0 Å². The Morgan fingerprint density at radius 2 is 1.93 bits per heavy atom. The maximum atomic E-state index is 13.0. The van der Waals surface area contributed by atoms with Crippen LogP contribution in [-0.2, 0) is 17.2 Å². The zero-order valence-corrected chi connectivity index (χ0v) is 17.4. The zero-order valence-electron chi connectivity index (χ0n) is 16.6. The summed E-state index contributed by atoms with van der Waals surface area (Å²) in [6, 6.07) is 11.9. The third-order valence-electron chi connectivity index (χ3n) is 6.25. The summed E-state index contributed by atoms with van der Waals surface area (Å²) in [4.78, 5) is 21.6. The van der Waals surface area contributed by atoms with Crippen LogP contribution in [0.15, 0.2) is 42.6 Å². The van der Waals surface area contributed by atoms with Crippen molar-refractivity contribution in [3.05, 3.63) is 53.7 Å². The maximum Gasteiger partial charge on any atom is 0.259 e. The number of pyridine rings is 1. The van der Waals surface area contributed by atoms with Gasteiger partial charge in [0.1, 0.15) is 5.82 Å². The highest BCUT2D eigenvalue weighted by atomic mass is 32.2. The second kappa shape index (κ2) is 7.66. The Bertz CT molecular complexity index is 893. The van der Waals surface area contributed by atoms with E-state index in [0.29, 0.717) is 17.9 Å². The summed E-state index contributed by atoms with van der Waals surface area (Å²) in [5.41, 5.74) is 2.83. The molecule has 1 unspecified atom stereocenters. The molecule has 28 heavy (non-hydrogen) atoms. The van der Waals surface area contributed by atoms with E-state index >= 15 is 0 Å². The van der Waals surface area contributed by atoms with Crippen molar-refractivity contribution < 1.29 is 9.00 Å². The number of nitrogens with zero attached hydrogens (tertiary/aromatic N) is 3. The van der Waals surface area contributed by atoms with Gasteiger partial charge >= 0.3 is 0 Å². The first-order valence-electron chi connectivity index (χ1n) is 10.1. The Kier molecular flexibility index (Phi) is 5.23. The van der Waals surface area contributed by atoms with E-state index in [-0.39, 0.29) is 10.7 Å². The largest absolute Gasteiger partial charge is 0.354 e. The number of fused-ring (bicyclic) bond motifs is 1. The molecular weight excluding hydrogens is 370 g/mol. The Labute approximate surface area is 169 Å². The first kappa shape index (κ1) is 19.1. The number of rotatable bonds is 4. The van der Waals surface area contributed by atoms with Crippen LogP contribution in [-0.4, -0.2) is 45.2 Å². The molecule has 1 fully saturated rings. The predicted molar refractivity (Wildman–Crippen MR) is 115 cm³/mol. The van der Waals surface area contributed by atoms with Gasteiger partial charge in [0.05, 0.1) is 10.3 Å². The number of aromatic nitrogens is 1. The average Bonchev–Trinajstić information content (AvgIpc) is 3.18. The first-order valence-corrected chi connectivity index (χ1v) is 11.4. The molecule has 0 aliphatic carbocycles. The molecule has 0 N–H and O–H groups in total. The van der Waals surface area contributed by atoms with E-state index in [1.54, 1.807) is 6.20 Å². The fraction of sp³-hybridized carbons (Fsp3) is 0.455. The van der Waals surface area contributed by atoms with Crippen LogP contribution in [0.4, 0.5) is 11.5 Å². The second-order valence-corrected chi connectivity index (χ2v) is 9.57. The number of carbonyl (C=O) groups is 1. The smallest absolute Gasteiger partial charge is 0.259 e. The van der Waals surface area contributed by atoms with Gasteiger partial charge in [-0.2, -0.15) is 0 Å². The molecule has 4 rings (SSSR count). The monoisotopic (exact) mass is 397 g/mol. The minimum absolute atomic E-state index is 0.000195. The van der Waals surface area contributed by atoms with Gasteiger partial charge in [-0.05, 0) is 43.0 Å². The molecule has 1 aromatic heterocycles. The molecule has 0 bridgehead atoms. The molecule has 2 aliphatic rings. The van der Waals surface area contributed by atoms with Gasteiger partial charge in [0, 0.05) is 48.1 Å². The summed E-state index contributed by atoms with van der Waals surface area (Å²) in [6.07, 6.45) is 4.38. The van der Waals surface area contributed by atoms with Crippen molar-refractivity contribution in [2.75, 3.05) is 35.2 Å². The summed E-state index contributed by atoms with van der Waals surface area (Å²) >= 11 is 0. The molecule has 0 spiro atoms. The summed E-state index contributed by atoms with van der Waals surface area (Å²) in [5, 5.41) is 0. The van der Waals surface area contributed by atoms with Gasteiger partial charge in [-0.3, -0.25) is 9.00 Å².